The molecule has 4 heteroatoms. The molecule has 0 fully saturated rings. The van der Waals surface area contributed by atoms with E-state index < -0.39 is 0 Å². The van der Waals surface area contributed by atoms with Crippen LogP contribution >= 0.6 is 11.6 Å². The first-order valence-electron chi connectivity index (χ1n) is 5.53. The third-order valence-electron chi connectivity index (χ3n) is 2.65. The highest BCUT2D eigenvalue weighted by Crippen LogP contribution is 2.30. The van der Waals surface area contributed by atoms with Crippen molar-refractivity contribution in [3.05, 3.63) is 58.4 Å². The van der Waals surface area contributed by atoms with E-state index in [1.165, 1.54) is 6.07 Å². The Labute approximate surface area is 110 Å². The first-order valence-corrected chi connectivity index (χ1v) is 5.91. The van der Waals surface area contributed by atoms with E-state index in [2.05, 4.69) is 0 Å². The molecular weight excluding hydrogens is 253 g/mol. The van der Waals surface area contributed by atoms with Gasteiger partial charge in [0.2, 0.25) is 0 Å². The van der Waals surface area contributed by atoms with Crippen LogP contribution in [0.5, 0.6) is 11.5 Å². The number of nitrogens with two attached hydrogens (primary N) is 1. The molecule has 2 aromatic rings. The Morgan fingerprint density at radius 2 is 2.06 bits per heavy atom. The van der Waals surface area contributed by atoms with Crippen LogP contribution in [0, 0.1) is 12.7 Å². The molecule has 0 atom stereocenters. The van der Waals surface area contributed by atoms with Crippen molar-refractivity contribution in [2.45, 2.75) is 13.5 Å². The number of ether oxygens (including phenoxy) is 1. The minimum Gasteiger partial charge on any atom is -0.457 e. The van der Waals surface area contributed by atoms with Crippen LogP contribution in [-0.2, 0) is 6.54 Å². The quantitative estimate of drug-likeness (QED) is 0.909. The summed E-state index contributed by atoms with van der Waals surface area (Å²) in [5.41, 5.74) is 6.91. The van der Waals surface area contributed by atoms with Crippen molar-refractivity contribution in [2.75, 3.05) is 0 Å². The van der Waals surface area contributed by atoms with Crippen LogP contribution in [0.25, 0.3) is 0 Å². The number of benzene rings is 2. The van der Waals surface area contributed by atoms with Crippen LogP contribution in [0.2, 0.25) is 5.02 Å². The molecule has 0 aliphatic rings. The van der Waals surface area contributed by atoms with Crippen molar-refractivity contribution in [3.8, 4) is 11.5 Å². The average molecular weight is 266 g/mol. The molecule has 2 rings (SSSR count). The molecule has 0 bridgehead atoms. The maximum Gasteiger partial charge on any atom is 0.133 e. The van der Waals surface area contributed by atoms with Crippen LogP contribution in [-0.4, -0.2) is 0 Å². The SMILES string of the molecule is Cc1ccc(Oc2cccc(Cl)c2CN)cc1F. The molecule has 0 spiro atoms. The third-order valence-corrected chi connectivity index (χ3v) is 3.01. The van der Waals surface area contributed by atoms with Crippen LogP contribution in [0.1, 0.15) is 11.1 Å². The van der Waals surface area contributed by atoms with Crippen LogP contribution in [0.3, 0.4) is 0 Å². The van der Waals surface area contributed by atoms with Gasteiger partial charge in [0.15, 0.2) is 0 Å². The maximum absolute atomic E-state index is 13.4. The molecule has 2 nitrogen and oxygen atoms in total. The van der Waals surface area contributed by atoms with Crippen molar-refractivity contribution in [3.63, 3.8) is 0 Å². The molecule has 0 saturated heterocycles. The summed E-state index contributed by atoms with van der Waals surface area (Å²) in [6.07, 6.45) is 0. The third kappa shape index (κ3) is 2.63. The molecule has 0 aliphatic heterocycles. The topological polar surface area (TPSA) is 35.2 Å². The van der Waals surface area contributed by atoms with E-state index in [0.717, 1.165) is 0 Å². The van der Waals surface area contributed by atoms with Gasteiger partial charge in [0.1, 0.15) is 17.3 Å². The molecule has 0 amide bonds. The smallest absolute Gasteiger partial charge is 0.133 e. The summed E-state index contributed by atoms with van der Waals surface area (Å²) in [7, 11) is 0. The van der Waals surface area contributed by atoms with Crippen molar-refractivity contribution < 1.29 is 9.13 Å². The normalized spacial score (nSPS) is 10.4. The summed E-state index contributed by atoms with van der Waals surface area (Å²) in [6, 6.07) is 9.98. The fraction of sp³-hybridized carbons (Fsp3) is 0.143. The second kappa shape index (κ2) is 5.38. The number of aryl methyl sites for hydroxylation is 1. The predicted molar refractivity (Wildman–Crippen MR) is 70.6 cm³/mol. The van der Waals surface area contributed by atoms with Gasteiger partial charge in [0.25, 0.3) is 0 Å². The molecule has 0 radical (unpaired) electrons. The average Bonchev–Trinajstić information content (AvgIpc) is 2.34. The highest BCUT2D eigenvalue weighted by molar-refractivity contribution is 6.31. The van der Waals surface area contributed by atoms with Crippen molar-refractivity contribution in [1.82, 2.24) is 0 Å². The Morgan fingerprint density at radius 3 is 2.72 bits per heavy atom. The monoisotopic (exact) mass is 265 g/mol. The van der Waals surface area contributed by atoms with E-state index in [1.54, 1.807) is 37.3 Å². The molecule has 0 aromatic heterocycles. The van der Waals surface area contributed by atoms with E-state index in [1.807, 2.05) is 0 Å². The van der Waals surface area contributed by atoms with Gasteiger partial charge >= 0.3 is 0 Å². The Kier molecular flexibility index (Phi) is 3.84. The number of halogens is 2. The summed E-state index contributed by atoms with van der Waals surface area (Å²) in [6.45, 7) is 1.97. The molecular formula is C14H13ClFNO. The summed E-state index contributed by atoms with van der Waals surface area (Å²) < 4.78 is 19.0. The fourth-order valence-corrected chi connectivity index (χ4v) is 1.84. The number of rotatable bonds is 3. The standard InChI is InChI=1S/C14H13ClFNO/c1-9-5-6-10(7-13(9)16)18-14-4-2-3-12(15)11(14)8-17/h2-7H,8,17H2,1H3. The number of hydrogen-bond acceptors (Lipinski definition) is 2. The van der Waals surface area contributed by atoms with E-state index >= 15 is 0 Å². The highest BCUT2D eigenvalue weighted by Gasteiger charge is 2.08. The molecule has 0 aliphatic carbocycles. The predicted octanol–water partition coefficient (Wildman–Crippen LogP) is 4.04. The van der Waals surface area contributed by atoms with Crippen molar-refractivity contribution >= 4 is 11.6 Å². The van der Waals surface area contributed by atoms with Gasteiger partial charge in [-0.2, -0.15) is 0 Å². The lowest BCUT2D eigenvalue weighted by atomic mass is 10.2. The summed E-state index contributed by atoms with van der Waals surface area (Å²) in [4.78, 5) is 0. The zero-order valence-corrected chi connectivity index (χ0v) is 10.7. The molecule has 0 heterocycles. The van der Waals surface area contributed by atoms with Crippen LogP contribution in [0.4, 0.5) is 4.39 Å². The van der Waals surface area contributed by atoms with Gasteiger partial charge in [-0.3, -0.25) is 0 Å². The van der Waals surface area contributed by atoms with E-state index in [9.17, 15) is 4.39 Å². The second-order valence-electron chi connectivity index (χ2n) is 3.93. The lowest BCUT2D eigenvalue weighted by molar-refractivity contribution is 0.470. The second-order valence-corrected chi connectivity index (χ2v) is 4.34. The Hall–Kier alpha value is -1.58. The van der Waals surface area contributed by atoms with Gasteiger partial charge in [-0.25, -0.2) is 4.39 Å². The minimum atomic E-state index is -0.302. The molecule has 0 saturated carbocycles. The Balaban J connectivity index is 2.34. The molecule has 0 unspecified atom stereocenters. The van der Waals surface area contributed by atoms with Crippen molar-refractivity contribution in [1.29, 1.82) is 0 Å². The summed E-state index contributed by atoms with van der Waals surface area (Å²) in [5, 5.41) is 0.544. The molecule has 18 heavy (non-hydrogen) atoms. The lowest BCUT2D eigenvalue weighted by Gasteiger charge is -2.11. The Morgan fingerprint density at radius 1 is 1.28 bits per heavy atom. The largest absolute Gasteiger partial charge is 0.457 e. The van der Waals surface area contributed by atoms with Gasteiger partial charge in [0.05, 0.1) is 0 Å². The number of hydrogen-bond donors (Lipinski definition) is 1. The van der Waals surface area contributed by atoms with Gasteiger partial charge in [-0.05, 0) is 30.7 Å². The van der Waals surface area contributed by atoms with Crippen LogP contribution in [0.15, 0.2) is 36.4 Å². The van der Waals surface area contributed by atoms with Gasteiger partial charge in [-0.1, -0.05) is 23.7 Å². The zero-order chi connectivity index (χ0) is 13.1. The Bertz CT molecular complexity index is 572. The highest BCUT2D eigenvalue weighted by atomic mass is 35.5. The van der Waals surface area contributed by atoms with E-state index in [4.69, 9.17) is 22.1 Å². The van der Waals surface area contributed by atoms with E-state index in [0.29, 0.717) is 27.6 Å². The first-order chi connectivity index (χ1) is 8.61. The summed E-state index contributed by atoms with van der Waals surface area (Å²) >= 11 is 6.02. The van der Waals surface area contributed by atoms with Gasteiger partial charge in [-0.15, -0.1) is 0 Å². The summed E-state index contributed by atoms with van der Waals surface area (Å²) in [5.74, 6) is 0.673. The molecule has 94 valence electrons. The fourth-order valence-electron chi connectivity index (χ4n) is 1.60. The lowest BCUT2D eigenvalue weighted by Crippen LogP contribution is -2.00. The van der Waals surface area contributed by atoms with E-state index in [-0.39, 0.29) is 12.4 Å². The maximum atomic E-state index is 13.4. The van der Waals surface area contributed by atoms with Gasteiger partial charge in [0, 0.05) is 23.2 Å². The zero-order valence-electron chi connectivity index (χ0n) is 9.91. The molecule has 2 N–H and O–H groups in total. The minimum absolute atomic E-state index is 0.267. The molecule has 2 aromatic carbocycles. The first kappa shape index (κ1) is 12.9. The van der Waals surface area contributed by atoms with Crippen molar-refractivity contribution in [2.24, 2.45) is 5.73 Å². The van der Waals surface area contributed by atoms with Crippen LogP contribution < -0.4 is 10.5 Å². The van der Waals surface area contributed by atoms with Gasteiger partial charge < -0.3 is 10.5 Å².